The Morgan fingerprint density at radius 3 is 2.87 bits per heavy atom. The van der Waals surface area contributed by atoms with Gasteiger partial charge in [0.25, 0.3) is 0 Å². The minimum atomic E-state index is 0.537. The van der Waals surface area contributed by atoms with Crippen molar-refractivity contribution in [1.82, 2.24) is 9.55 Å². The number of alkyl halides is 1. The molecular formula is C10H17ClN2S2. The van der Waals surface area contributed by atoms with E-state index < -0.39 is 0 Å². The number of aromatic nitrogens is 2. The lowest BCUT2D eigenvalue weighted by Crippen LogP contribution is -1.96. The van der Waals surface area contributed by atoms with Crippen molar-refractivity contribution in [2.75, 3.05) is 17.3 Å². The van der Waals surface area contributed by atoms with Crippen molar-refractivity contribution >= 4 is 35.1 Å². The summed E-state index contributed by atoms with van der Waals surface area (Å²) in [5, 5.41) is 1.08. The molecule has 1 aromatic heterocycles. The van der Waals surface area contributed by atoms with Gasteiger partial charge < -0.3 is 4.57 Å². The summed E-state index contributed by atoms with van der Waals surface area (Å²) < 4.78 is 2.07. The van der Waals surface area contributed by atoms with Crippen LogP contribution in [-0.2, 0) is 12.9 Å². The predicted molar refractivity (Wildman–Crippen MR) is 71.1 cm³/mol. The zero-order valence-corrected chi connectivity index (χ0v) is 11.6. The van der Waals surface area contributed by atoms with Gasteiger partial charge >= 0.3 is 0 Å². The van der Waals surface area contributed by atoms with E-state index in [1.165, 1.54) is 17.9 Å². The van der Waals surface area contributed by atoms with E-state index in [1.54, 1.807) is 0 Å². The molecule has 0 fully saturated rings. The fraction of sp³-hybridized carbons (Fsp3) is 0.700. The lowest BCUT2D eigenvalue weighted by atomic mass is 10.5. The largest absolute Gasteiger partial charge is 0.325 e. The topological polar surface area (TPSA) is 17.8 Å². The normalized spacial score (nSPS) is 10.9. The first-order valence-corrected chi connectivity index (χ1v) is 7.74. The Kier molecular flexibility index (Phi) is 6.61. The van der Waals surface area contributed by atoms with Gasteiger partial charge in [-0.1, -0.05) is 18.7 Å². The van der Waals surface area contributed by atoms with E-state index >= 15 is 0 Å². The molecule has 0 unspecified atom stereocenters. The highest BCUT2D eigenvalue weighted by molar-refractivity contribution is 8.00. The van der Waals surface area contributed by atoms with E-state index in [9.17, 15) is 0 Å². The highest BCUT2D eigenvalue weighted by Gasteiger charge is 2.05. The molecule has 0 aromatic carbocycles. The number of thioether (sulfide) groups is 2. The van der Waals surface area contributed by atoms with Crippen molar-refractivity contribution in [2.24, 2.45) is 7.05 Å². The average Bonchev–Trinajstić information content (AvgIpc) is 2.60. The maximum atomic E-state index is 5.77. The van der Waals surface area contributed by atoms with Crippen LogP contribution in [0.3, 0.4) is 0 Å². The van der Waals surface area contributed by atoms with Gasteiger partial charge in [-0.25, -0.2) is 4.98 Å². The second-order valence-electron chi connectivity index (χ2n) is 3.12. The van der Waals surface area contributed by atoms with Crippen LogP contribution in [0.15, 0.2) is 11.4 Å². The molecule has 15 heavy (non-hydrogen) atoms. The molecule has 0 N–H and O–H groups in total. The van der Waals surface area contributed by atoms with Crippen LogP contribution in [0.1, 0.15) is 19.0 Å². The second-order valence-corrected chi connectivity index (χ2v) is 5.85. The van der Waals surface area contributed by atoms with Crippen LogP contribution in [-0.4, -0.2) is 26.8 Å². The van der Waals surface area contributed by atoms with Crippen molar-refractivity contribution in [2.45, 2.75) is 24.4 Å². The fourth-order valence-corrected chi connectivity index (χ4v) is 3.13. The van der Waals surface area contributed by atoms with Crippen molar-refractivity contribution in [3.8, 4) is 0 Å². The molecule has 1 aromatic rings. The quantitative estimate of drug-likeness (QED) is 0.427. The molecule has 0 bridgehead atoms. The van der Waals surface area contributed by atoms with Gasteiger partial charge in [-0.05, 0) is 17.9 Å². The smallest absolute Gasteiger partial charge is 0.167 e. The number of imidazole rings is 1. The van der Waals surface area contributed by atoms with Gasteiger partial charge in [-0.3, -0.25) is 0 Å². The molecule has 1 rings (SSSR count). The number of hydrogen-bond acceptors (Lipinski definition) is 3. The molecular weight excluding hydrogens is 248 g/mol. The summed E-state index contributed by atoms with van der Waals surface area (Å²) in [6.07, 6.45) is 3.10. The monoisotopic (exact) mass is 264 g/mol. The summed E-state index contributed by atoms with van der Waals surface area (Å²) >= 11 is 9.58. The molecule has 5 heteroatoms. The molecule has 0 aliphatic carbocycles. The summed E-state index contributed by atoms with van der Waals surface area (Å²) in [6.45, 7) is 2.20. The second kappa shape index (κ2) is 7.47. The van der Waals surface area contributed by atoms with Gasteiger partial charge in [0, 0.05) is 12.8 Å². The molecule has 86 valence electrons. The average molecular weight is 265 g/mol. The Morgan fingerprint density at radius 2 is 2.27 bits per heavy atom. The Balaban J connectivity index is 2.28. The first kappa shape index (κ1) is 13.3. The van der Waals surface area contributed by atoms with E-state index in [2.05, 4.69) is 16.5 Å². The van der Waals surface area contributed by atoms with Crippen molar-refractivity contribution < 1.29 is 0 Å². The van der Waals surface area contributed by atoms with Crippen LogP contribution in [0.4, 0.5) is 0 Å². The first-order chi connectivity index (χ1) is 7.29. The lowest BCUT2D eigenvalue weighted by molar-refractivity contribution is 0.760. The maximum Gasteiger partial charge on any atom is 0.167 e. The predicted octanol–water partition coefficient (Wildman–Crippen LogP) is 3.39. The van der Waals surface area contributed by atoms with Gasteiger partial charge in [0.15, 0.2) is 5.16 Å². The van der Waals surface area contributed by atoms with Gasteiger partial charge in [0.1, 0.15) is 0 Å². The van der Waals surface area contributed by atoms with E-state index in [4.69, 9.17) is 11.6 Å². The molecule has 1 heterocycles. The summed E-state index contributed by atoms with van der Waals surface area (Å²) in [5.41, 5.74) is 1.09. The molecule has 0 atom stereocenters. The standard InChI is InChI=1S/C10H17ClN2S2/c1-3-14-5-4-6-15-10-12-8-9(7-11)13(10)2/h8H,3-7H2,1-2H3. The van der Waals surface area contributed by atoms with E-state index in [1.807, 2.05) is 36.8 Å². The van der Waals surface area contributed by atoms with Gasteiger partial charge in [0.05, 0.1) is 17.8 Å². The Morgan fingerprint density at radius 1 is 1.47 bits per heavy atom. The minimum Gasteiger partial charge on any atom is -0.325 e. The fourth-order valence-electron chi connectivity index (χ4n) is 1.15. The first-order valence-electron chi connectivity index (χ1n) is 5.06. The lowest BCUT2D eigenvalue weighted by Gasteiger charge is -2.03. The summed E-state index contributed by atoms with van der Waals surface area (Å²) in [7, 11) is 2.02. The Labute approximate surface area is 105 Å². The van der Waals surface area contributed by atoms with E-state index in [0.717, 1.165) is 16.6 Å². The SMILES string of the molecule is CCSCCCSc1ncc(CCl)n1C. The summed E-state index contributed by atoms with van der Waals surface area (Å²) in [6, 6.07) is 0. The molecule has 2 nitrogen and oxygen atoms in total. The van der Waals surface area contributed by atoms with Crippen LogP contribution in [0.2, 0.25) is 0 Å². The zero-order chi connectivity index (χ0) is 11.1. The van der Waals surface area contributed by atoms with Gasteiger partial charge in [-0.15, -0.1) is 11.6 Å². The van der Waals surface area contributed by atoms with E-state index in [0.29, 0.717) is 5.88 Å². The molecule has 0 saturated carbocycles. The number of halogens is 1. The highest BCUT2D eigenvalue weighted by Crippen LogP contribution is 2.19. The van der Waals surface area contributed by atoms with Crippen molar-refractivity contribution in [1.29, 1.82) is 0 Å². The Bertz CT molecular complexity index is 289. The van der Waals surface area contributed by atoms with Crippen molar-refractivity contribution in [3.05, 3.63) is 11.9 Å². The number of rotatable bonds is 7. The third-order valence-electron chi connectivity index (χ3n) is 2.05. The molecule has 0 amide bonds. The van der Waals surface area contributed by atoms with Crippen molar-refractivity contribution in [3.63, 3.8) is 0 Å². The summed E-state index contributed by atoms with van der Waals surface area (Å²) in [4.78, 5) is 4.34. The van der Waals surface area contributed by atoms with Crippen LogP contribution in [0, 0.1) is 0 Å². The number of nitrogens with zero attached hydrogens (tertiary/aromatic N) is 2. The number of hydrogen-bond donors (Lipinski definition) is 0. The van der Waals surface area contributed by atoms with Crippen LogP contribution >= 0.6 is 35.1 Å². The van der Waals surface area contributed by atoms with E-state index in [-0.39, 0.29) is 0 Å². The highest BCUT2D eigenvalue weighted by atomic mass is 35.5. The molecule has 0 radical (unpaired) electrons. The van der Waals surface area contributed by atoms with Crippen LogP contribution in [0.25, 0.3) is 0 Å². The van der Waals surface area contributed by atoms with Gasteiger partial charge in [-0.2, -0.15) is 11.8 Å². The molecule has 0 saturated heterocycles. The van der Waals surface area contributed by atoms with Crippen LogP contribution < -0.4 is 0 Å². The molecule has 0 spiro atoms. The minimum absolute atomic E-state index is 0.537. The third kappa shape index (κ3) is 4.29. The molecule has 0 aliphatic rings. The van der Waals surface area contributed by atoms with Crippen LogP contribution in [0.5, 0.6) is 0 Å². The maximum absolute atomic E-state index is 5.77. The molecule has 0 aliphatic heterocycles. The third-order valence-corrected chi connectivity index (χ3v) is 4.44. The Hall–Kier alpha value is 0.200. The zero-order valence-electron chi connectivity index (χ0n) is 9.20. The van der Waals surface area contributed by atoms with Gasteiger partial charge in [0.2, 0.25) is 0 Å². The summed E-state index contributed by atoms with van der Waals surface area (Å²) in [5.74, 6) is 4.13.